The molecule has 2 N–H and O–H groups in total. The van der Waals surface area contributed by atoms with E-state index in [2.05, 4.69) is 57.8 Å². The van der Waals surface area contributed by atoms with Gasteiger partial charge in [0.2, 0.25) is 0 Å². The molecule has 2 aromatic carbocycles. The number of thiophene rings is 1. The summed E-state index contributed by atoms with van der Waals surface area (Å²) >= 11 is 1.67. The van der Waals surface area contributed by atoms with Crippen LogP contribution in [0.15, 0.2) is 83.2 Å². The highest BCUT2D eigenvalue weighted by molar-refractivity contribution is 7.08. The molecule has 1 aliphatic carbocycles. The van der Waals surface area contributed by atoms with Crippen LogP contribution in [-0.2, 0) is 4.79 Å². The molecule has 0 fully saturated rings. The normalized spacial score (nSPS) is 23.9. The van der Waals surface area contributed by atoms with Gasteiger partial charge in [-0.25, -0.2) is 0 Å². The first-order valence-corrected chi connectivity index (χ1v) is 10.2. The third-order valence-electron chi connectivity index (χ3n) is 5.46. The number of nitrogens with one attached hydrogen (secondary N) is 2. The molecule has 134 valence electrons. The molecule has 0 saturated heterocycles. The fraction of sp³-hybridized carbons (Fsp3) is 0.174. The number of rotatable bonds is 2. The van der Waals surface area contributed by atoms with Crippen molar-refractivity contribution in [2.45, 2.75) is 18.4 Å². The third-order valence-corrected chi connectivity index (χ3v) is 6.17. The molecule has 4 heteroatoms. The molecule has 0 spiro atoms. The van der Waals surface area contributed by atoms with Gasteiger partial charge in [-0.3, -0.25) is 4.79 Å². The maximum absolute atomic E-state index is 13.3. The Balaban J connectivity index is 1.63. The zero-order valence-corrected chi connectivity index (χ0v) is 15.6. The van der Waals surface area contributed by atoms with Crippen molar-refractivity contribution < 1.29 is 4.79 Å². The van der Waals surface area contributed by atoms with E-state index in [4.69, 9.17) is 0 Å². The van der Waals surface area contributed by atoms with Crippen molar-refractivity contribution in [3.63, 3.8) is 0 Å². The maximum Gasteiger partial charge on any atom is 0.145 e. The van der Waals surface area contributed by atoms with E-state index >= 15 is 0 Å². The first kappa shape index (κ1) is 16.3. The second kappa shape index (κ2) is 6.71. The topological polar surface area (TPSA) is 41.1 Å². The minimum atomic E-state index is -0.202. The fourth-order valence-electron chi connectivity index (χ4n) is 4.15. The lowest BCUT2D eigenvalue weighted by Crippen LogP contribution is -2.33. The molecule has 0 bridgehead atoms. The van der Waals surface area contributed by atoms with Crippen LogP contribution in [-0.4, -0.2) is 5.78 Å². The van der Waals surface area contributed by atoms with E-state index in [1.54, 1.807) is 11.3 Å². The fourth-order valence-corrected chi connectivity index (χ4v) is 4.84. The summed E-state index contributed by atoms with van der Waals surface area (Å²) in [5.74, 6) is 0.197. The predicted octanol–water partition coefficient (Wildman–Crippen LogP) is 5.58. The monoisotopic (exact) mass is 372 g/mol. The Labute approximate surface area is 162 Å². The number of allylic oxidation sites excluding steroid dienone is 1. The number of hydrogen-bond donors (Lipinski definition) is 2. The minimum absolute atomic E-state index is 0.0529. The van der Waals surface area contributed by atoms with Crippen molar-refractivity contribution in [1.29, 1.82) is 0 Å². The highest BCUT2D eigenvalue weighted by atomic mass is 32.1. The summed E-state index contributed by atoms with van der Waals surface area (Å²) in [7, 11) is 0. The lowest BCUT2D eigenvalue weighted by atomic mass is 9.77. The van der Waals surface area contributed by atoms with E-state index in [0.29, 0.717) is 6.42 Å². The Hall–Kier alpha value is -2.85. The highest BCUT2D eigenvalue weighted by Gasteiger charge is 2.39. The van der Waals surface area contributed by atoms with Crippen LogP contribution in [0.25, 0.3) is 0 Å². The average Bonchev–Trinajstić information content (AvgIpc) is 3.17. The van der Waals surface area contributed by atoms with Gasteiger partial charge in [0.25, 0.3) is 0 Å². The number of hydrogen-bond acceptors (Lipinski definition) is 4. The lowest BCUT2D eigenvalue weighted by Gasteiger charge is -2.32. The third kappa shape index (κ3) is 2.96. The Morgan fingerprint density at radius 2 is 1.67 bits per heavy atom. The number of fused-ring (bicyclic) bond motifs is 2. The second-order valence-corrected chi connectivity index (χ2v) is 7.92. The zero-order valence-electron chi connectivity index (χ0n) is 14.8. The number of benzene rings is 2. The molecule has 3 nitrogen and oxygen atoms in total. The van der Waals surface area contributed by atoms with Crippen molar-refractivity contribution in [1.82, 2.24) is 0 Å². The number of Topliss-reactive ketones (excluding diaryl/α,β-unsaturated/α-hetero) is 1. The van der Waals surface area contributed by atoms with E-state index in [1.807, 2.05) is 30.3 Å². The zero-order chi connectivity index (χ0) is 18.2. The van der Waals surface area contributed by atoms with Gasteiger partial charge in [-0.15, -0.1) is 0 Å². The number of carbonyl (C=O) groups is 1. The molecule has 3 atom stereocenters. The minimum Gasteiger partial charge on any atom is -0.375 e. The average molecular weight is 372 g/mol. The SMILES string of the molecule is O=C1CC(c2ccccc2)C=C2Nc3ccccc3NC(c3ccsc3)C12. The number of anilines is 2. The summed E-state index contributed by atoms with van der Waals surface area (Å²) in [6.45, 7) is 0. The molecule has 1 aliphatic heterocycles. The van der Waals surface area contributed by atoms with Gasteiger partial charge >= 0.3 is 0 Å². The first-order valence-electron chi connectivity index (χ1n) is 9.23. The van der Waals surface area contributed by atoms with Crippen LogP contribution in [0.3, 0.4) is 0 Å². The molecule has 2 aliphatic rings. The summed E-state index contributed by atoms with van der Waals surface area (Å²) < 4.78 is 0. The summed E-state index contributed by atoms with van der Waals surface area (Å²) in [4.78, 5) is 13.3. The van der Waals surface area contributed by atoms with Gasteiger partial charge in [-0.1, -0.05) is 48.5 Å². The molecular formula is C23H20N2OS. The van der Waals surface area contributed by atoms with Gasteiger partial charge in [0.05, 0.1) is 23.3 Å². The summed E-state index contributed by atoms with van der Waals surface area (Å²) in [5.41, 5.74) is 5.42. The van der Waals surface area contributed by atoms with E-state index in [9.17, 15) is 4.79 Å². The van der Waals surface area contributed by atoms with Crippen LogP contribution < -0.4 is 10.6 Å². The second-order valence-electron chi connectivity index (χ2n) is 7.14. The Kier molecular flexibility index (Phi) is 4.06. The Bertz CT molecular complexity index is 994. The molecule has 0 saturated carbocycles. The lowest BCUT2D eigenvalue weighted by molar-refractivity contribution is -0.122. The van der Waals surface area contributed by atoms with Crippen molar-refractivity contribution in [2.75, 3.05) is 10.6 Å². The summed E-state index contributed by atoms with van der Waals surface area (Å²) in [6.07, 6.45) is 2.79. The highest BCUT2D eigenvalue weighted by Crippen LogP contribution is 2.44. The molecule has 27 heavy (non-hydrogen) atoms. The standard InChI is InChI=1S/C23H20N2OS/c26-21-13-17(15-6-2-1-3-7-15)12-20-22(21)23(16-10-11-27-14-16)25-19-9-5-4-8-18(19)24-20/h1-12,14,17,22-25H,13H2. The van der Waals surface area contributed by atoms with Crippen LogP contribution >= 0.6 is 11.3 Å². The maximum atomic E-state index is 13.3. The molecule has 0 amide bonds. The van der Waals surface area contributed by atoms with Crippen molar-refractivity contribution in [3.8, 4) is 0 Å². The van der Waals surface area contributed by atoms with Crippen molar-refractivity contribution >= 4 is 28.5 Å². The summed E-state index contributed by atoms with van der Waals surface area (Å²) in [5, 5.41) is 11.4. The summed E-state index contributed by atoms with van der Waals surface area (Å²) in [6, 6.07) is 20.5. The largest absolute Gasteiger partial charge is 0.375 e. The van der Waals surface area contributed by atoms with Gasteiger partial charge in [0, 0.05) is 18.0 Å². The molecular weight excluding hydrogens is 352 g/mol. The van der Waals surface area contributed by atoms with Crippen LogP contribution in [0, 0.1) is 5.92 Å². The van der Waals surface area contributed by atoms with E-state index in [0.717, 1.165) is 17.1 Å². The van der Waals surface area contributed by atoms with Gasteiger partial charge in [-0.2, -0.15) is 11.3 Å². The van der Waals surface area contributed by atoms with Gasteiger partial charge in [0.1, 0.15) is 5.78 Å². The molecule has 3 aromatic rings. The van der Waals surface area contributed by atoms with Gasteiger partial charge < -0.3 is 10.6 Å². The number of para-hydroxylation sites is 2. The first-order chi connectivity index (χ1) is 13.3. The number of carbonyl (C=O) groups excluding carboxylic acids is 1. The molecule has 1 aromatic heterocycles. The molecule has 5 rings (SSSR count). The van der Waals surface area contributed by atoms with E-state index in [-0.39, 0.29) is 23.7 Å². The Morgan fingerprint density at radius 1 is 0.889 bits per heavy atom. The smallest absolute Gasteiger partial charge is 0.145 e. The van der Waals surface area contributed by atoms with Crippen LogP contribution in [0.2, 0.25) is 0 Å². The molecule has 3 unspecified atom stereocenters. The van der Waals surface area contributed by atoms with Crippen LogP contribution in [0.1, 0.15) is 29.5 Å². The van der Waals surface area contributed by atoms with Crippen molar-refractivity contribution in [2.24, 2.45) is 5.92 Å². The van der Waals surface area contributed by atoms with E-state index in [1.165, 1.54) is 11.1 Å². The Morgan fingerprint density at radius 3 is 2.44 bits per heavy atom. The van der Waals surface area contributed by atoms with Gasteiger partial charge in [-0.05, 0) is 40.1 Å². The quantitative estimate of drug-likeness (QED) is 0.617. The number of ketones is 1. The predicted molar refractivity (Wildman–Crippen MR) is 111 cm³/mol. The van der Waals surface area contributed by atoms with E-state index < -0.39 is 0 Å². The van der Waals surface area contributed by atoms with Crippen LogP contribution in [0.4, 0.5) is 11.4 Å². The molecule has 0 radical (unpaired) electrons. The molecule has 2 heterocycles. The van der Waals surface area contributed by atoms with Gasteiger partial charge in [0.15, 0.2) is 0 Å². The van der Waals surface area contributed by atoms with Crippen molar-refractivity contribution in [3.05, 3.63) is 94.3 Å². The van der Waals surface area contributed by atoms with Crippen LogP contribution in [0.5, 0.6) is 0 Å².